The average molecular weight is 315 g/mol. The third kappa shape index (κ3) is 3.73. The zero-order chi connectivity index (χ0) is 14.1. The second-order valence-corrected chi connectivity index (χ2v) is 7.57. The quantitative estimate of drug-likeness (QED) is 0.869. The van der Waals surface area contributed by atoms with Crippen LogP contribution in [0.1, 0.15) is 57.8 Å². The van der Waals surface area contributed by atoms with E-state index in [9.17, 15) is 4.79 Å². The van der Waals surface area contributed by atoms with Crippen LogP contribution in [0.3, 0.4) is 0 Å². The fraction of sp³-hybridized carbons (Fsp3) is 0.941. The van der Waals surface area contributed by atoms with Crippen LogP contribution in [0.15, 0.2) is 0 Å². The fourth-order valence-corrected chi connectivity index (χ4v) is 4.97. The predicted molar refractivity (Wildman–Crippen MR) is 88.4 cm³/mol. The van der Waals surface area contributed by atoms with Crippen molar-refractivity contribution in [3.05, 3.63) is 0 Å². The second kappa shape index (κ2) is 7.32. The molecule has 3 rings (SSSR count). The number of fused-ring (bicyclic) bond motifs is 2. The summed E-state index contributed by atoms with van der Waals surface area (Å²) in [5.74, 6) is 2.64. The van der Waals surface area contributed by atoms with Crippen LogP contribution in [0.2, 0.25) is 0 Å². The van der Waals surface area contributed by atoms with Gasteiger partial charge in [-0.15, -0.1) is 12.4 Å². The number of amides is 1. The third-order valence-corrected chi connectivity index (χ3v) is 6.15. The van der Waals surface area contributed by atoms with Gasteiger partial charge >= 0.3 is 0 Å². The number of nitrogens with two attached hydrogens (primary N) is 1. The summed E-state index contributed by atoms with van der Waals surface area (Å²) >= 11 is 0. The molecular formula is C17H31ClN2O. The van der Waals surface area contributed by atoms with Gasteiger partial charge < -0.3 is 10.6 Å². The monoisotopic (exact) mass is 314 g/mol. The lowest BCUT2D eigenvalue weighted by molar-refractivity contribution is -0.137. The van der Waals surface area contributed by atoms with Crippen LogP contribution < -0.4 is 5.73 Å². The van der Waals surface area contributed by atoms with E-state index in [0.717, 1.165) is 25.3 Å². The largest absolute Gasteiger partial charge is 0.345 e. The van der Waals surface area contributed by atoms with Gasteiger partial charge in [-0.25, -0.2) is 0 Å². The van der Waals surface area contributed by atoms with E-state index >= 15 is 0 Å². The fourth-order valence-electron chi connectivity index (χ4n) is 4.97. The van der Waals surface area contributed by atoms with Crippen molar-refractivity contribution in [1.82, 2.24) is 4.90 Å². The minimum atomic E-state index is 0. The van der Waals surface area contributed by atoms with Crippen LogP contribution in [-0.4, -0.2) is 30.4 Å². The first-order valence-corrected chi connectivity index (χ1v) is 8.65. The lowest BCUT2D eigenvalue weighted by atomic mass is 9.65. The van der Waals surface area contributed by atoms with E-state index in [0.29, 0.717) is 23.8 Å². The molecule has 0 aromatic carbocycles. The van der Waals surface area contributed by atoms with Crippen molar-refractivity contribution < 1.29 is 4.79 Å². The Morgan fingerprint density at radius 1 is 1.05 bits per heavy atom. The number of carbonyl (C=O) groups excluding carboxylic acids is 1. The van der Waals surface area contributed by atoms with Gasteiger partial charge in [0.2, 0.25) is 5.91 Å². The topological polar surface area (TPSA) is 46.3 Å². The van der Waals surface area contributed by atoms with Crippen molar-refractivity contribution in [1.29, 1.82) is 0 Å². The summed E-state index contributed by atoms with van der Waals surface area (Å²) in [5.41, 5.74) is 6.33. The molecule has 0 aromatic rings. The van der Waals surface area contributed by atoms with Crippen molar-refractivity contribution >= 4 is 18.3 Å². The van der Waals surface area contributed by atoms with Gasteiger partial charge in [0, 0.05) is 25.6 Å². The van der Waals surface area contributed by atoms with Crippen LogP contribution in [0.4, 0.5) is 0 Å². The lowest BCUT2D eigenvalue weighted by Crippen LogP contribution is -2.49. The van der Waals surface area contributed by atoms with Crippen LogP contribution in [0.25, 0.3) is 0 Å². The van der Waals surface area contributed by atoms with E-state index in [1.165, 1.54) is 44.9 Å². The number of carbonyl (C=O) groups is 1. The van der Waals surface area contributed by atoms with Crippen molar-refractivity contribution in [2.24, 2.45) is 29.4 Å². The highest BCUT2D eigenvalue weighted by Crippen LogP contribution is 2.42. The maximum atomic E-state index is 12.7. The molecule has 1 amide bonds. The minimum Gasteiger partial charge on any atom is -0.345 e. The molecule has 122 valence electrons. The summed E-state index contributed by atoms with van der Waals surface area (Å²) in [6.45, 7) is 0.983. The Hall–Kier alpha value is -0.280. The van der Waals surface area contributed by atoms with Crippen LogP contribution in [0, 0.1) is 23.7 Å². The summed E-state index contributed by atoms with van der Waals surface area (Å²) in [6.07, 6.45) is 11.3. The first-order valence-electron chi connectivity index (χ1n) is 8.65. The van der Waals surface area contributed by atoms with Crippen molar-refractivity contribution in [3.63, 3.8) is 0 Å². The molecule has 2 unspecified atom stereocenters. The Bertz CT molecular complexity index is 343. The highest BCUT2D eigenvalue weighted by molar-refractivity contribution is 5.85. The molecule has 3 saturated carbocycles. The second-order valence-electron chi connectivity index (χ2n) is 7.57. The smallest absolute Gasteiger partial charge is 0.225 e. The highest BCUT2D eigenvalue weighted by Gasteiger charge is 2.41. The first kappa shape index (κ1) is 17.1. The van der Waals surface area contributed by atoms with E-state index in [1.54, 1.807) is 0 Å². The van der Waals surface area contributed by atoms with Gasteiger partial charge in [-0.05, 0) is 56.3 Å². The average Bonchev–Trinajstić information content (AvgIpc) is 2.90. The molecule has 0 spiro atoms. The molecule has 4 heteroatoms. The molecule has 3 fully saturated rings. The molecular weight excluding hydrogens is 284 g/mol. The zero-order valence-electron chi connectivity index (χ0n) is 13.3. The van der Waals surface area contributed by atoms with Gasteiger partial charge in [0.25, 0.3) is 0 Å². The Balaban J connectivity index is 0.00000161. The Kier molecular flexibility index (Phi) is 5.96. The van der Waals surface area contributed by atoms with Crippen LogP contribution >= 0.6 is 12.4 Å². The summed E-state index contributed by atoms with van der Waals surface area (Å²) in [5, 5.41) is 0. The molecule has 0 saturated heterocycles. The van der Waals surface area contributed by atoms with Gasteiger partial charge in [-0.1, -0.05) is 19.3 Å². The molecule has 0 heterocycles. The Morgan fingerprint density at radius 3 is 2.19 bits per heavy atom. The zero-order valence-corrected chi connectivity index (χ0v) is 14.1. The molecule has 0 aliphatic heterocycles. The maximum Gasteiger partial charge on any atom is 0.225 e. The number of halogens is 1. The first-order chi connectivity index (χ1) is 9.65. The number of hydrogen-bond acceptors (Lipinski definition) is 2. The van der Waals surface area contributed by atoms with Gasteiger partial charge in [0.05, 0.1) is 0 Å². The maximum absolute atomic E-state index is 12.7. The SMILES string of the molecule is CN(CC1CCCC1)C(=O)C1CC2CCCC(C1)C2N.Cl. The summed E-state index contributed by atoms with van der Waals surface area (Å²) < 4.78 is 0. The van der Waals surface area contributed by atoms with Crippen LogP contribution in [0.5, 0.6) is 0 Å². The summed E-state index contributed by atoms with van der Waals surface area (Å²) in [7, 11) is 2.02. The molecule has 2 N–H and O–H groups in total. The Morgan fingerprint density at radius 2 is 1.62 bits per heavy atom. The molecule has 0 radical (unpaired) electrons. The highest BCUT2D eigenvalue weighted by atomic mass is 35.5. The van der Waals surface area contributed by atoms with Gasteiger partial charge in [0.1, 0.15) is 0 Å². The van der Waals surface area contributed by atoms with Crippen molar-refractivity contribution in [2.45, 2.75) is 63.8 Å². The van der Waals surface area contributed by atoms with Crippen LogP contribution in [-0.2, 0) is 4.79 Å². The van der Waals surface area contributed by atoms with E-state index in [1.807, 2.05) is 11.9 Å². The van der Waals surface area contributed by atoms with E-state index < -0.39 is 0 Å². The molecule has 21 heavy (non-hydrogen) atoms. The number of rotatable bonds is 3. The number of hydrogen-bond donors (Lipinski definition) is 1. The normalized spacial score (nSPS) is 36.1. The lowest BCUT2D eigenvalue weighted by Gasteiger charge is -2.44. The molecule has 3 aliphatic carbocycles. The minimum absolute atomic E-state index is 0. The van der Waals surface area contributed by atoms with E-state index in [4.69, 9.17) is 5.73 Å². The van der Waals surface area contributed by atoms with Crippen molar-refractivity contribution in [2.75, 3.05) is 13.6 Å². The van der Waals surface area contributed by atoms with Crippen molar-refractivity contribution in [3.8, 4) is 0 Å². The summed E-state index contributed by atoms with van der Waals surface area (Å²) in [6, 6.07) is 0.368. The molecule has 3 nitrogen and oxygen atoms in total. The standard InChI is InChI=1S/C17H30N2O.ClH/c1-19(11-12-5-2-3-6-12)17(20)15-9-13-7-4-8-14(10-15)16(13)18;/h12-16H,2-11,18H2,1H3;1H. The van der Waals surface area contributed by atoms with E-state index in [-0.39, 0.29) is 18.3 Å². The van der Waals surface area contributed by atoms with Gasteiger partial charge in [-0.3, -0.25) is 4.79 Å². The van der Waals surface area contributed by atoms with Gasteiger partial charge in [0.15, 0.2) is 0 Å². The van der Waals surface area contributed by atoms with Gasteiger partial charge in [-0.2, -0.15) is 0 Å². The predicted octanol–water partition coefficient (Wildman–Crippen LogP) is 3.21. The molecule has 2 bridgehead atoms. The third-order valence-electron chi connectivity index (χ3n) is 6.15. The summed E-state index contributed by atoms with van der Waals surface area (Å²) in [4.78, 5) is 14.7. The van der Waals surface area contributed by atoms with E-state index in [2.05, 4.69) is 0 Å². The number of nitrogens with zero attached hydrogens (tertiary/aromatic N) is 1. The molecule has 0 aromatic heterocycles. The molecule has 2 atom stereocenters. The molecule has 3 aliphatic rings. The Labute approximate surface area is 135 Å².